The van der Waals surface area contributed by atoms with Crippen LogP contribution in [0.5, 0.6) is 5.75 Å². The molecule has 8 heteroatoms. The predicted octanol–water partition coefficient (Wildman–Crippen LogP) is 2.02. The van der Waals surface area contributed by atoms with Crippen LogP contribution >= 0.6 is 11.8 Å². The van der Waals surface area contributed by atoms with Crippen molar-refractivity contribution in [3.8, 4) is 5.75 Å². The van der Waals surface area contributed by atoms with Crippen molar-refractivity contribution in [1.82, 2.24) is 0 Å². The van der Waals surface area contributed by atoms with Crippen LogP contribution in [0.1, 0.15) is 18.4 Å². The van der Waals surface area contributed by atoms with E-state index in [9.17, 15) is 13.2 Å². The maximum Gasteiger partial charge on any atom is 0.251 e. The Hall–Kier alpha value is -1.54. The van der Waals surface area contributed by atoms with E-state index in [2.05, 4.69) is 4.99 Å². The first-order chi connectivity index (χ1) is 11.9. The maximum atomic E-state index is 12.2. The number of aryl methyl sites for hydroxylation is 1. The van der Waals surface area contributed by atoms with Crippen molar-refractivity contribution in [3.05, 3.63) is 23.8 Å². The molecule has 1 aromatic rings. The molecule has 0 aromatic heterocycles. The number of sulfone groups is 1. The van der Waals surface area contributed by atoms with Gasteiger partial charge in [-0.2, -0.15) is 4.99 Å². The number of hydrogen-bond donors (Lipinski definition) is 0. The summed E-state index contributed by atoms with van der Waals surface area (Å²) in [6, 6.07) is 5.56. The summed E-state index contributed by atoms with van der Waals surface area (Å²) < 4.78 is 29.7. The van der Waals surface area contributed by atoms with Crippen molar-refractivity contribution >= 4 is 38.4 Å². The maximum absolute atomic E-state index is 12.2. The molecule has 2 aliphatic heterocycles. The summed E-state index contributed by atoms with van der Waals surface area (Å²) in [4.78, 5) is 18.5. The summed E-state index contributed by atoms with van der Waals surface area (Å²) in [5.74, 6) is 0.811. The monoisotopic (exact) mass is 380 g/mol. The van der Waals surface area contributed by atoms with Crippen molar-refractivity contribution in [2.75, 3.05) is 23.5 Å². The molecule has 0 bridgehead atoms. The zero-order valence-electron chi connectivity index (χ0n) is 14.1. The lowest BCUT2D eigenvalue weighted by molar-refractivity contribution is -0.118. The molecule has 0 unspecified atom stereocenters. The number of carbonyl (C=O) groups excluding carboxylic acids is 1. The number of thioether (sulfide) groups is 1. The van der Waals surface area contributed by atoms with E-state index >= 15 is 0 Å². The number of carbonyl (C=O) groups is 1. The first-order valence-corrected chi connectivity index (χ1v) is 11.0. The van der Waals surface area contributed by atoms with Gasteiger partial charge in [0.25, 0.3) is 5.91 Å². The number of hydrogen-bond acceptors (Lipinski definition) is 5. The second-order valence-corrected chi connectivity index (χ2v) is 10.2. The standard InChI is InChI=1S/C17H20N2O4S2/c1-10-3-6-14(23-2)12(7-10)19-13-8-25(21,22)9-15(13)24-17(19)18-16(20)11-4-5-11/h3,6-7,11,13,15H,4-5,8-9H2,1-2H3/t13-,15+/m0/s1. The van der Waals surface area contributed by atoms with E-state index in [4.69, 9.17) is 4.74 Å². The molecule has 1 saturated carbocycles. The lowest BCUT2D eigenvalue weighted by Crippen LogP contribution is -2.38. The predicted molar refractivity (Wildman–Crippen MR) is 99.2 cm³/mol. The van der Waals surface area contributed by atoms with E-state index in [0.717, 1.165) is 24.1 Å². The molecule has 2 saturated heterocycles. The van der Waals surface area contributed by atoms with Gasteiger partial charge in [-0.05, 0) is 37.5 Å². The minimum absolute atomic E-state index is 0.0403. The van der Waals surface area contributed by atoms with Crippen molar-refractivity contribution in [1.29, 1.82) is 0 Å². The summed E-state index contributed by atoms with van der Waals surface area (Å²) in [6.07, 6.45) is 1.80. The lowest BCUT2D eigenvalue weighted by Gasteiger charge is -2.26. The number of methoxy groups -OCH3 is 1. The largest absolute Gasteiger partial charge is 0.495 e. The Kier molecular flexibility index (Phi) is 4.07. The average Bonchev–Trinajstić information content (AvgIpc) is 3.28. The van der Waals surface area contributed by atoms with E-state index in [1.165, 1.54) is 11.8 Å². The fraction of sp³-hybridized carbons (Fsp3) is 0.529. The SMILES string of the molecule is COc1ccc(C)cc1N1C(=NC(=O)C2CC2)S[C@@H]2CS(=O)(=O)C[C@@H]21. The molecule has 25 heavy (non-hydrogen) atoms. The first-order valence-electron chi connectivity index (χ1n) is 8.31. The number of rotatable bonds is 3. The van der Waals surface area contributed by atoms with Crippen LogP contribution in [0.15, 0.2) is 23.2 Å². The van der Waals surface area contributed by atoms with Gasteiger partial charge in [0.15, 0.2) is 15.0 Å². The Morgan fingerprint density at radius 2 is 2.08 bits per heavy atom. The van der Waals surface area contributed by atoms with Gasteiger partial charge in [-0.15, -0.1) is 0 Å². The van der Waals surface area contributed by atoms with Crippen LogP contribution in [0, 0.1) is 12.8 Å². The summed E-state index contributed by atoms with van der Waals surface area (Å²) in [5.41, 5.74) is 1.82. The third-order valence-corrected chi connectivity index (χ3v) is 8.00. The molecule has 134 valence electrons. The van der Waals surface area contributed by atoms with E-state index in [1.54, 1.807) is 7.11 Å². The molecule has 0 spiro atoms. The zero-order chi connectivity index (χ0) is 17.8. The number of nitrogens with zero attached hydrogens (tertiary/aromatic N) is 2. The molecule has 2 heterocycles. The molecule has 3 fully saturated rings. The molecule has 6 nitrogen and oxygen atoms in total. The topological polar surface area (TPSA) is 76.0 Å². The number of aliphatic imine (C=N–C) groups is 1. The molecule has 1 aliphatic carbocycles. The van der Waals surface area contributed by atoms with Crippen molar-refractivity contribution in [3.63, 3.8) is 0 Å². The molecule has 3 aliphatic rings. The van der Waals surface area contributed by atoms with Gasteiger partial charge in [-0.25, -0.2) is 8.42 Å². The zero-order valence-corrected chi connectivity index (χ0v) is 15.8. The fourth-order valence-electron chi connectivity index (χ4n) is 3.35. The Morgan fingerprint density at radius 3 is 2.76 bits per heavy atom. The van der Waals surface area contributed by atoms with Gasteiger partial charge in [-0.3, -0.25) is 4.79 Å². The lowest BCUT2D eigenvalue weighted by atomic mass is 10.1. The second kappa shape index (κ2) is 6.02. The molecule has 0 N–H and O–H groups in total. The van der Waals surface area contributed by atoms with E-state index in [1.807, 2.05) is 30.0 Å². The minimum atomic E-state index is -3.08. The van der Waals surface area contributed by atoms with Gasteiger partial charge in [0.1, 0.15) is 5.75 Å². The summed E-state index contributed by atoms with van der Waals surface area (Å²) in [5, 5.41) is 0.506. The van der Waals surface area contributed by atoms with Crippen LogP contribution in [0.2, 0.25) is 0 Å². The van der Waals surface area contributed by atoms with Gasteiger partial charge in [0, 0.05) is 11.2 Å². The summed E-state index contributed by atoms with van der Waals surface area (Å²) >= 11 is 1.41. The average molecular weight is 380 g/mol. The van der Waals surface area contributed by atoms with Gasteiger partial charge >= 0.3 is 0 Å². The third-order valence-electron chi connectivity index (χ3n) is 4.79. The molecular formula is C17H20N2O4S2. The van der Waals surface area contributed by atoms with Gasteiger partial charge in [-0.1, -0.05) is 17.8 Å². The molecule has 2 atom stereocenters. The summed E-state index contributed by atoms with van der Waals surface area (Å²) in [6.45, 7) is 1.97. The number of amides is 1. The highest BCUT2D eigenvalue weighted by atomic mass is 32.2. The Morgan fingerprint density at radius 1 is 1.32 bits per heavy atom. The normalized spacial score (nSPS) is 29.0. The third kappa shape index (κ3) is 3.17. The van der Waals surface area contributed by atoms with Gasteiger partial charge in [0.2, 0.25) is 0 Å². The molecule has 1 amide bonds. The van der Waals surface area contributed by atoms with Crippen LogP contribution in [-0.4, -0.2) is 49.4 Å². The highest BCUT2D eigenvalue weighted by Crippen LogP contribution is 2.44. The number of benzene rings is 1. The smallest absolute Gasteiger partial charge is 0.251 e. The molecule has 4 rings (SSSR count). The molecule has 0 radical (unpaired) electrons. The Labute approximate surface area is 151 Å². The van der Waals surface area contributed by atoms with E-state index < -0.39 is 9.84 Å². The molecular weight excluding hydrogens is 360 g/mol. The highest BCUT2D eigenvalue weighted by molar-refractivity contribution is 8.16. The van der Waals surface area contributed by atoms with Crippen LogP contribution in [0.4, 0.5) is 5.69 Å². The Bertz CT molecular complexity index is 861. The first kappa shape index (κ1) is 16.9. The van der Waals surface area contributed by atoms with E-state index in [0.29, 0.717) is 10.9 Å². The van der Waals surface area contributed by atoms with Crippen molar-refractivity contribution in [2.45, 2.75) is 31.1 Å². The second-order valence-electron chi connectivity index (χ2n) is 6.85. The van der Waals surface area contributed by atoms with Crippen LogP contribution in [0.25, 0.3) is 0 Å². The fourth-order valence-corrected chi connectivity index (χ4v) is 7.26. The number of anilines is 1. The van der Waals surface area contributed by atoms with Crippen LogP contribution in [0.3, 0.4) is 0 Å². The minimum Gasteiger partial charge on any atom is -0.495 e. The Balaban J connectivity index is 1.78. The number of ether oxygens (including phenoxy) is 1. The van der Waals surface area contributed by atoms with Crippen molar-refractivity contribution in [2.24, 2.45) is 10.9 Å². The number of amidine groups is 1. The van der Waals surface area contributed by atoms with E-state index in [-0.39, 0.29) is 34.6 Å². The van der Waals surface area contributed by atoms with Crippen LogP contribution in [-0.2, 0) is 14.6 Å². The van der Waals surface area contributed by atoms with Gasteiger partial charge < -0.3 is 9.64 Å². The quantitative estimate of drug-likeness (QED) is 0.798. The summed E-state index contributed by atoms with van der Waals surface area (Å²) in [7, 11) is -1.49. The molecule has 1 aromatic carbocycles. The van der Waals surface area contributed by atoms with Gasteiger partial charge in [0.05, 0.1) is 30.3 Å². The van der Waals surface area contributed by atoms with Crippen LogP contribution < -0.4 is 9.64 Å². The highest BCUT2D eigenvalue weighted by Gasteiger charge is 2.50. The number of fused-ring (bicyclic) bond motifs is 1. The van der Waals surface area contributed by atoms with Crippen molar-refractivity contribution < 1.29 is 17.9 Å².